The van der Waals surface area contributed by atoms with Gasteiger partial charge in [0.05, 0.1) is 19.2 Å². The maximum Gasteiger partial charge on any atom is 0.179 e. The summed E-state index contributed by atoms with van der Waals surface area (Å²) in [7, 11) is 2.97. The molecule has 0 saturated carbocycles. The fourth-order valence-electron chi connectivity index (χ4n) is 1.10. The molecule has 0 saturated heterocycles. The van der Waals surface area contributed by atoms with E-state index >= 15 is 0 Å². The van der Waals surface area contributed by atoms with Gasteiger partial charge in [-0.3, -0.25) is 0 Å². The molecule has 1 N–H and O–H groups in total. The van der Waals surface area contributed by atoms with Crippen LogP contribution in [0.4, 0.5) is 0 Å². The summed E-state index contributed by atoms with van der Waals surface area (Å²) in [6.45, 7) is 1.79. The highest BCUT2D eigenvalue weighted by atomic mass is 35.5. The average molecular weight is 203 g/mol. The number of phenols is 1. The maximum absolute atomic E-state index is 9.44. The molecule has 0 aliphatic heterocycles. The minimum Gasteiger partial charge on any atom is -0.504 e. The van der Waals surface area contributed by atoms with Gasteiger partial charge in [-0.25, -0.2) is 0 Å². The third kappa shape index (κ3) is 1.65. The molecule has 0 unspecified atom stereocenters. The fourth-order valence-corrected chi connectivity index (χ4v) is 1.36. The Labute approximate surface area is 81.9 Å². The number of hydrogen-bond donors (Lipinski definition) is 1. The highest BCUT2D eigenvalue weighted by Gasteiger charge is 2.14. The van der Waals surface area contributed by atoms with E-state index in [0.717, 1.165) is 5.56 Å². The van der Waals surface area contributed by atoms with Crippen LogP contribution >= 0.6 is 11.6 Å². The predicted octanol–water partition coefficient (Wildman–Crippen LogP) is 2.37. The van der Waals surface area contributed by atoms with Gasteiger partial charge >= 0.3 is 0 Å². The Hall–Kier alpha value is -1.09. The van der Waals surface area contributed by atoms with Gasteiger partial charge in [0.15, 0.2) is 11.5 Å². The number of phenolic OH excluding ortho intramolecular Hbond substituents is 1. The first-order valence-electron chi connectivity index (χ1n) is 3.71. The molecule has 0 aromatic heterocycles. The second-order valence-corrected chi connectivity index (χ2v) is 2.95. The first-order chi connectivity index (χ1) is 6.11. The SMILES string of the molecule is COc1cc(O)c(OC)c(Cl)c1C. The van der Waals surface area contributed by atoms with Crippen LogP contribution in [-0.2, 0) is 0 Å². The number of hydrogen-bond acceptors (Lipinski definition) is 3. The van der Waals surface area contributed by atoms with Crippen molar-refractivity contribution in [2.24, 2.45) is 0 Å². The summed E-state index contributed by atoms with van der Waals surface area (Å²) in [4.78, 5) is 0. The quantitative estimate of drug-likeness (QED) is 0.800. The van der Waals surface area contributed by atoms with E-state index in [1.54, 1.807) is 6.92 Å². The van der Waals surface area contributed by atoms with Crippen LogP contribution in [0.3, 0.4) is 0 Å². The molecular weight excluding hydrogens is 192 g/mol. The van der Waals surface area contributed by atoms with Crippen LogP contribution in [0.15, 0.2) is 6.07 Å². The fraction of sp³-hybridized carbons (Fsp3) is 0.333. The molecule has 4 heteroatoms. The van der Waals surface area contributed by atoms with Crippen LogP contribution < -0.4 is 9.47 Å². The topological polar surface area (TPSA) is 38.7 Å². The molecule has 0 aliphatic carbocycles. The highest BCUT2D eigenvalue weighted by Crippen LogP contribution is 2.41. The van der Waals surface area contributed by atoms with Crippen molar-refractivity contribution >= 4 is 11.6 Å². The molecule has 0 heterocycles. The van der Waals surface area contributed by atoms with Crippen molar-refractivity contribution in [2.45, 2.75) is 6.92 Å². The minimum atomic E-state index is -0.0186. The highest BCUT2D eigenvalue weighted by molar-refractivity contribution is 6.33. The lowest BCUT2D eigenvalue weighted by Gasteiger charge is -2.11. The average Bonchev–Trinajstić information content (AvgIpc) is 2.12. The number of methoxy groups -OCH3 is 2. The lowest BCUT2D eigenvalue weighted by atomic mass is 10.2. The Morgan fingerprint density at radius 3 is 2.38 bits per heavy atom. The normalized spacial score (nSPS) is 9.85. The summed E-state index contributed by atoms with van der Waals surface area (Å²) in [6.07, 6.45) is 0. The summed E-state index contributed by atoms with van der Waals surface area (Å²) in [6, 6.07) is 1.47. The third-order valence-electron chi connectivity index (χ3n) is 1.82. The molecular formula is C9H11ClO3. The maximum atomic E-state index is 9.44. The van der Waals surface area contributed by atoms with Crippen molar-refractivity contribution in [1.29, 1.82) is 0 Å². The van der Waals surface area contributed by atoms with Crippen molar-refractivity contribution < 1.29 is 14.6 Å². The van der Waals surface area contributed by atoms with E-state index in [-0.39, 0.29) is 11.5 Å². The lowest BCUT2D eigenvalue weighted by molar-refractivity contribution is 0.365. The number of aromatic hydroxyl groups is 1. The Kier molecular flexibility index (Phi) is 2.88. The van der Waals surface area contributed by atoms with Crippen LogP contribution in [0.2, 0.25) is 5.02 Å². The monoisotopic (exact) mass is 202 g/mol. The molecule has 1 aromatic rings. The van der Waals surface area contributed by atoms with Crippen LogP contribution in [0.25, 0.3) is 0 Å². The van der Waals surface area contributed by atoms with Gasteiger partial charge in [-0.1, -0.05) is 11.6 Å². The smallest absolute Gasteiger partial charge is 0.179 e. The first kappa shape index (κ1) is 9.99. The number of halogens is 1. The van der Waals surface area contributed by atoms with Crippen molar-refractivity contribution in [3.8, 4) is 17.2 Å². The summed E-state index contributed by atoms with van der Waals surface area (Å²) in [5.41, 5.74) is 0.749. The Morgan fingerprint density at radius 2 is 1.92 bits per heavy atom. The van der Waals surface area contributed by atoms with E-state index in [2.05, 4.69) is 0 Å². The molecule has 13 heavy (non-hydrogen) atoms. The molecule has 3 nitrogen and oxygen atoms in total. The summed E-state index contributed by atoms with van der Waals surface area (Å²) >= 11 is 5.92. The zero-order valence-electron chi connectivity index (χ0n) is 7.72. The summed E-state index contributed by atoms with van der Waals surface area (Å²) < 4.78 is 9.92. The molecule has 0 aliphatic rings. The van der Waals surface area contributed by atoms with Gasteiger partial charge in [-0.2, -0.15) is 0 Å². The van der Waals surface area contributed by atoms with E-state index in [0.29, 0.717) is 10.8 Å². The summed E-state index contributed by atoms with van der Waals surface area (Å²) in [5, 5.41) is 9.81. The lowest BCUT2D eigenvalue weighted by Crippen LogP contribution is -1.92. The van der Waals surface area contributed by atoms with Crippen molar-refractivity contribution in [3.63, 3.8) is 0 Å². The van der Waals surface area contributed by atoms with E-state index in [1.807, 2.05) is 0 Å². The van der Waals surface area contributed by atoms with Crippen LogP contribution in [0.5, 0.6) is 17.2 Å². The molecule has 1 rings (SSSR count). The van der Waals surface area contributed by atoms with Gasteiger partial charge < -0.3 is 14.6 Å². The Morgan fingerprint density at radius 1 is 1.31 bits per heavy atom. The van der Waals surface area contributed by atoms with Gasteiger partial charge in [-0.05, 0) is 6.92 Å². The second kappa shape index (κ2) is 3.75. The number of ether oxygens (including phenoxy) is 2. The van der Waals surface area contributed by atoms with Gasteiger partial charge in [0.2, 0.25) is 0 Å². The van der Waals surface area contributed by atoms with Gasteiger partial charge in [0.25, 0.3) is 0 Å². The van der Waals surface area contributed by atoms with Crippen molar-refractivity contribution in [3.05, 3.63) is 16.7 Å². The largest absolute Gasteiger partial charge is 0.504 e. The third-order valence-corrected chi connectivity index (χ3v) is 2.28. The Bertz CT molecular complexity index is 323. The van der Waals surface area contributed by atoms with Crippen LogP contribution in [-0.4, -0.2) is 19.3 Å². The van der Waals surface area contributed by atoms with Crippen molar-refractivity contribution in [2.75, 3.05) is 14.2 Å². The number of rotatable bonds is 2. The standard InChI is InChI=1S/C9H11ClO3/c1-5-7(12-2)4-6(11)9(13-3)8(5)10/h4,11H,1-3H3. The molecule has 72 valence electrons. The summed E-state index contributed by atoms with van der Waals surface area (Å²) in [5.74, 6) is 0.804. The van der Waals surface area contributed by atoms with Gasteiger partial charge in [-0.15, -0.1) is 0 Å². The van der Waals surface area contributed by atoms with E-state index < -0.39 is 0 Å². The molecule has 0 atom stereocenters. The molecule has 0 radical (unpaired) electrons. The van der Waals surface area contributed by atoms with E-state index in [9.17, 15) is 5.11 Å². The van der Waals surface area contributed by atoms with Gasteiger partial charge in [0, 0.05) is 11.6 Å². The van der Waals surface area contributed by atoms with E-state index in [4.69, 9.17) is 21.1 Å². The predicted molar refractivity (Wildman–Crippen MR) is 51.0 cm³/mol. The molecule has 0 fully saturated rings. The minimum absolute atomic E-state index is 0.0186. The first-order valence-corrected chi connectivity index (χ1v) is 4.09. The van der Waals surface area contributed by atoms with Crippen molar-refractivity contribution in [1.82, 2.24) is 0 Å². The molecule has 0 amide bonds. The van der Waals surface area contributed by atoms with Crippen LogP contribution in [0.1, 0.15) is 5.56 Å². The second-order valence-electron chi connectivity index (χ2n) is 2.57. The Balaban J connectivity index is 3.37. The molecule has 1 aromatic carbocycles. The zero-order chi connectivity index (χ0) is 10.0. The van der Waals surface area contributed by atoms with Crippen LogP contribution in [0, 0.1) is 6.92 Å². The van der Waals surface area contributed by atoms with Gasteiger partial charge in [0.1, 0.15) is 5.75 Å². The number of benzene rings is 1. The zero-order valence-corrected chi connectivity index (χ0v) is 8.47. The molecule has 0 spiro atoms. The molecule has 0 bridgehead atoms. The van der Waals surface area contributed by atoms with E-state index in [1.165, 1.54) is 20.3 Å².